The van der Waals surface area contributed by atoms with Crippen LogP contribution in [0.3, 0.4) is 0 Å². The van der Waals surface area contributed by atoms with Crippen LogP contribution in [-0.4, -0.2) is 90.7 Å². The second kappa shape index (κ2) is 16.3. The summed E-state index contributed by atoms with van der Waals surface area (Å²) in [5, 5.41) is 10.1. The number of rotatable bonds is 14. The molecule has 1 aliphatic heterocycles. The molecule has 59 heavy (non-hydrogen) atoms. The van der Waals surface area contributed by atoms with Gasteiger partial charge < -0.3 is 29.7 Å². The largest absolute Gasteiger partial charge is 0.496 e. The zero-order valence-corrected chi connectivity index (χ0v) is 36.7. The van der Waals surface area contributed by atoms with Crippen LogP contribution in [0.1, 0.15) is 46.5 Å². The number of nitrogens with one attached hydrogen (secondary N) is 3. The first-order valence-corrected chi connectivity index (χ1v) is 22.3. The third-order valence-electron chi connectivity index (χ3n) is 10.8. The average Bonchev–Trinajstić information content (AvgIpc) is 4.07. The van der Waals surface area contributed by atoms with Crippen molar-refractivity contribution in [1.29, 1.82) is 0 Å². The van der Waals surface area contributed by atoms with Gasteiger partial charge in [0.2, 0.25) is 27.7 Å². The first-order chi connectivity index (χ1) is 27.9. The number of nitrogens with zero attached hydrogens (tertiary/aromatic N) is 3. The molecule has 5 atom stereocenters. The number of carbonyl (C=O) groups is 3. The van der Waals surface area contributed by atoms with Crippen LogP contribution in [0.25, 0.3) is 22.0 Å². The number of hydrogen-bond acceptors (Lipinski definition) is 12. The third kappa shape index (κ3) is 8.65. The Hall–Kier alpha value is -4.35. The second-order valence-corrected chi connectivity index (χ2v) is 20.0. The van der Waals surface area contributed by atoms with Crippen LogP contribution >= 0.6 is 46.1 Å². The number of amides is 3. The molecule has 0 radical (unpaired) electrons. The van der Waals surface area contributed by atoms with Crippen molar-refractivity contribution in [3.63, 3.8) is 0 Å². The molecule has 2 aliphatic carbocycles. The highest BCUT2D eigenvalue weighted by Gasteiger charge is 2.62. The van der Waals surface area contributed by atoms with Gasteiger partial charge in [0, 0.05) is 38.5 Å². The zero-order chi connectivity index (χ0) is 42.6. The zero-order valence-electron chi connectivity index (χ0n) is 32.8. The Bertz CT molecular complexity index is 2460. The van der Waals surface area contributed by atoms with Crippen molar-refractivity contribution in [3.05, 3.63) is 69.6 Å². The Morgan fingerprint density at radius 1 is 1.05 bits per heavy atom. The van der Waals surface area contributed by atoms with Crippen molar-refractivity contribution in [3.8, 4) is 28.6 Å². The van der Waals surface area contributed by atoms with Crippen molar-refractivity contribution in [2.75, 3.05) is 26.1 Å². The van der Waals surface area contributed by atoms with Crippen LogP contribution in [0.2, 0.25) is 15.1 Å². The predicted molar refractivity (Wildman–Crippen MR) is 228 cm³/mol. The van der Waals surface area contributed by atoms with Crippen LogP contribution in [0, 0.1) is 11.3 Å². The maximum atomic E-state index is 14.9. The van der Waals surface area contributed by atoms with Crippen molar-refractivity contribution >= 4 is 89.8 Å². The number of benzene rings is 2. The highest BCUT2D eigenvalue weighted by Crippen LogP contribution is 2.46. The van der Waals surface area contributed by atoms with Gasteiger partial charge in [0.05, 0.1) is 48.5 Å². The van der Waals surface area contributed by atoms with Crippen molar-refractivity contribution in [2.24, 2.45) is 11.3 Å². The molecule has 14 nitrogen and oxygen atoms in total. The van der Waals surface area contributed by atoms with Crippen molar-refractivity contribution in [2.45, 2.75) is 75.4 Å². The van der Waals surface area contributed by atoms with E-state index in [0.29, 0.717) is 66.6 Å². The maximum Gasteiger partial charge on any atom is 0.259 e. The van der Waals surface area contributed by atoms with E-state index in [0.717, 1.165) is 0 Å². The van der Waals surface area contributed by atoms with E-state index in [1.54, 1.807) is 35.7 Å². The number of methoxy groups -OCH3 is 2. The number of carbonyl (C=O) groups excluding carboxylic acids is 3. The monoisotopic (exact) mass is 904 g/mol. The topological polar surface area (TPSA) is 178 Å². The maximum absolute atomic E-state index is 14.9. The lowest BCUT2D eigenvalue weighted by atomic mass is 9.85. The Labute approximate surface area is 361 Å². The van der Waals surface area contributed by atoms with Crippen LogP contribution in [-0.2, 0) is 24.4 Å². The molecular weight excluding hydrogens is 863 g/mol. The highest BCUT2D eigenvalue weighted by atomic mass is 35.5. The van der Waals surface area contributed by atoms with Gasteiger partial charge in [0.25, 0.3) is 5.91 Å². The quantitative estimate of drug-likeness (QED) is 0.112. The van der Waals surface area contributed by atoms with Crippen LogP contribution in [0.15, 0.2) is 54.6 Å². The standard InChI is InChI=1S/C40H43Cl3N6O8S2/c1-7-20-16-40(20,37(52)48-59(53,54)24-9-10-24)47-34(50)29-15-23(57-35-26-12-21(41)8-11-25(26)31(56-6)17-44-35)18-49(29)36(51)33(39(2,3)4)46-38-45-28(19-58-38)32-27(43)13-22(42)14-30(32)55-5/h7-8,11-14,17,19-20,23-24,29,33H,1,9-10,15-16,18H2,2-6H3,(H,45,46)(H,47,50)(H,48,52)/t20-,23-,29+,33-,40-/m1/s1. The van der Waals surface area contributed by atoms with E-state index in [1.807, 2.05) is 20.8 Å². The predicted octanol–water partition coefficient (Wildman–Crippen LogP) is 6.88. The van der Waals surface area contributed by atoms with Gasteiger partial charge in [-0.15, -0.1) is 17.9 Å². The molecule has 0 spiro atoms. The minimum absolute atomic E-state index is 0.0112. The third-order valence-corrected chi connectivity index (χ3v) is 14.1. The second-order valence-electron chi connectivity index (χ2n) is 15.9. The van der Waals surface area contributed by atoms with Gasteiger partial charge in [-0.3, -0.25) is 19.1 Å². The number of sulfonamides is 1. The molecule has 19 heteroatoms. The smallest absolute Gasteiger partial charge is 0.259 e. The lowest BCUT2D eigenvalue weighted by molar-refractivity contribution is -0.141. The average molecular weight is 906 g/mol. The fourth-order valence-corrected chi connectivity index (χ4v) is 10.2. The SMILES string of the molecule is C=C[C@@H]1C[C@]1(NC(=O)[C@@H]1C[C@@H](Oc2ncc(OC)c3ccc(Cl)cc23)CN1C(=O)[C@@H](Nc1nc(-c2c(Cl)cc(Cl)cc2OC)cs1)C(C)(C)C)C(=O)NS(=O)(=O)C1CC1. The van der Waals surface area contributed by atoms with E-state index in [9.17, 15) is 22.8 Å². The number of aromatic nitrogens is 2. The first kappa shape index (κ1) is 42.8. The molecule has 314 valence electrons. The number of hydrogen-bond donors (Lipinski definition) is 3. The van der Waals surface area contributed by atoms with Crippen LogP contribution in [0.4, 0.5) is 5.13 Å². The normalized spacial score (nSPS) is 22.0. The van der Waals surface area contributed by atoms with E-state index in [-0.39, 0.29) is 25.3 Å². The Kier molecular flexibility index (Phi) is 11.8. The molecule has 1 saturated heterocycles. The Balaban J connectivity index is 1.20. The van der Waals surface area contributed by atoms with Gasteiger partial charge in [0.1, 0.15) is 35.2 Å². The number of pyridine rings is 1. The summed E-state index contributed by atoms with van der Waals surface area (Å²) in [4.78, 5) is 53.7. The van der Waals surface area contributed by atoms with Gasteiger partial charge in [0.15, 0.2) is 5.13 Å². The Morgan fingerprint density at radius 2 is 1.78 bits per heavy atom. The first-order valence-electron chi connectivity index (χ1n) is 18.7. The Morgan fingerprint density at radius 3 is 2.42 bits per heavy atom. The fraction of sp³-hybridized carbons (Fsp3) is 0.425. The molecule has 0 bridgehead atoms. The summed E-state index contributed by atoms with van der Waals surface area (Å²) < 4.78 is 45.3. The van der Waals surface area contributed by atoms with Gasteiger partial charge in [-0.25, -0.2) is 18.4 Å². The van der Waals surface area contributed by atoms with E-state index in [4.69, 9.17) is 54.0 Å². The number of halogens is 3. The van der Waals surface area contributed by atoms with E-state index < -0.39 is 68.1 Å². The number of fused-ring (bicyclic) bond motifs is 1. The van der Waals surface area contributed by atoms with E-state index in [2.05, 4.69) is 26.9 Å². The van der Waals surface area contributed by atoms with Gasteiger partial charge in [-0.2, -0.15) is 0 Å². The number of ether oxygens (including phenoxy) is 3. The van der Waals surface area contributed by atoms with Crippen LogP contribution in [0.5, 0.6) is 17.4 Å². The summed E-state index contributed by atoms with van der Waals surface area (Å²) in [6.07, 6.45) is 3.32. The summed E-state index contributed by atoms with van der Waals surface area (Å²) >= 11 is 20.4. The molecule has 2 saturated carbocycles. The number of thiazole rings is 1. The number of likely N-dealkylation sites (tertiary alicyclic amines) is 1. The van der Waals surface area contributed by atoms with Crippen molar-refractivity contribution in [1.82, 2.24) is 24.9 Å². The molecule has 3 aliphatic rings. The molecule has 3 amide bonds. The van der Waals surface area contributed by atoms with Gasteiger partial charge >= 0.3 is 0 Å². The minimum Gasteiger partial charge on any atom is -0.496 e. The molecule has 7 rings (SSSR count). The van der Waals surface area contributed by atoms with Gasteiger partial charge in [-0.1, -0.05) is 61.7 Å². The summed E-state index contributed by atoms with van der Waals surface area (Å²) in [6.45, 7) is 9.40. The molecule has 0 unspecified atom stereocenters. The summed E-state index contributed by atoms with van der Waals surface area (Å²) in [6, 6.07) is 6.33. The fourth-order valence-electron chi connectivity index (χ4n) is 7.33. The van der Waals surface area contributed by atoms with Crippen molar-refractivity contribution < 1.29 is 37.0 Å². The molecular formula is C40H43Cl3N6O8S2. The van der Waals surface area contributed by atoms with Gasteiger partial charge in [-0.05, 0) is 55.0 Å². The van der Waals surface area contributed by atoms with E-state index >= 15 is 0 Å². The minimum atomic E-state index is -3.92. The highest BCUT2D eigenvalue weighted by molar-refractivity contribution is 7.91. The molecule has 2 aromatic heterocycles. The molecule has 4 aromatic rings. The molecule has 3 N–H and O–H groups in total. The summed E-state index contributed by atoms with van der Waals surface area (Å²) in [5.41, 5.74) is -1.27. The lowest BCUT2D eigenvalue weighted by Crippen LogP contribution is -2.58. The van der Waals surface area contributed by atoms with Crippen LogP contribution < -0.4 is 29.6 Å². The molecule has 2 aromatic carbocycles. The lowest BCUT2D eigenvalue weighted by Gasteiger charge is -2.35. The molecule has 3 heterocycles. The summed E-state index contributed by atoms with van der Waals surface area (Å²) in [5.74, 6) is -1.33. The number of anilines is 1. The summed E-state index contributed by atoms with van der Waals surface area (Å²) in [7, 11) is -0.897. The molecule has 3 fully saturated rings. The van der Waals surface area contributed by atoms with E-state index in [1.165, 1.54) is 42.7 Å².